The van der Waals surface area contributed by atoms with Gasteiger partial charge in [-0.15, -0.1) is 0 Å². The number of hydrogen-bond donors (Lipinski definition) is 1. The summed E-state index contributed by atoms with van der Waals surface area (Å²) in [5, 5.41) is 3.56. The fourth-order valence-electron chi connectivity index (χ4n) is 2.86. The second-order valence-electron chi connectivity index (χ2n) is 7.65. The molecular formula is C17H29N3. The maximum Gasteiger partial charge on any atom is 0.129 e. The molecule has 2 rings (SSSR count). The fraction of sp³-hybridized carbons (Fsp3) is 0.706. The topological polar surface area (TPSA) is 28.2 Å². The van der Waals surface area contributed by atoms with Crippen LogP contribution in [0.5, 0.6) is 0 Å². The van der Waals surface area contributed by atoms with E-state index < -0.39 is 0 Å². The number of aryl methyl sites for hydroxylation is 1. The van der Waals surface area contributed by atoms with Crippen molar-refractivity contribution < 1.29 is 0 Å². The minimum Gasteiger partial charge on any atom is -0.351 e. The number of nitrogens with one attached hydrogen (secondary N) is 1. The first-order chi connectivity index (χ1) is 9.17. The molecule has 1 fully saturated rings. The number of anilines is 1. The van der Waals surface area contributed by atoms with E-state index in [0.717, 1.165) is 24.6 Å². The molecule has 0 radical (unpaired) electrons. The van der Waals surface area contributed by atoms with Gasteiger partial charge in [0.2, 0.25) is 0 Å². The van der Waals surface area contributed by atoms with Crippen molar-refractivity contribution in [3.63, 3.8) is 0 Å². The second-order valence-corrected chi connectivity index (χ2v) is 7.65. The highest BCUT2D eigenvalue weighted by Gasteiger charge is 2.32. The van der Waals surface area contributed by atoms with Crippen molar-refractivity contribution in [3.8, 4) is 0 Å². The minimum atomic E-state index is 0.143. The molecule has 1 saturated heterocycles. The first-order valence-corrected chi connectivity index (χ1v) is 7.68. The van der Waals surface area contributed by atoms with E-state index in [1.165, 1.54) is 18.4 Å². The first kappa shape index (κ1) is 15.3. The summed E-state index contributed by atoms with van der Waals surface area (Å²) in [6.45, 7) is 15.3. The summed E-state index contributed by atoms with van der Waals surface area (Å²) in [6.07, 6.45) is 2.51. The molecular weight excluding hydrogens is 246 g/mol. The van der Waals surface area contributed by atoms with Crippen LogP contribution in [0.15, 0.2) is 12.1 Å². The number of nitrogens with zero attached hydrogens (tertiary/aromatic N) is 2. The van der Waals surface area contributed by atoms with Crippen LogP contribution in [0.4, 0.5) is 5.82 Å². The minimum absolute atomic E-state index is 0.143. The molecule has 0 bridgehead atoms. The average molecular weight is 275 g/mol. The normalized spacial score (nSPS) is 18.6. The number of aromatic nitrogens is 1. The first-order valence-electron chi connectivity index (χ1n) is 7.68. The van der Waals surface area contributed by atoms with Crippen LogP contribution in [0.3, 0.4) is 0 Å². The molecule has 0 aliphatic carbocycles. The summed E-state index contributed by atoms with van der Waals surface area (Å²) in [4.78, 5) is 7.21. The van der Waals surface area contributed by atoms with Gasteiger partial charge in [-0.1, -0.05) is 0 Å². The third-order valence-corrected chi connectivity index (χ3v) is 4.00. The van der Waals surface area contributed by atoms with E-state index in [2.05, 4.69) is 63.9 Å². The molecule has 1 aromatic heterocycles. The van der Waals surface area contributed by atoms with Gasteiger partial charge >= 0.3 is 0 Å². The summed E-state index contributed by atoms with van der Waals surface area (Å²) < 4.78 is 0. The Morgan fingerprint density at radius 1 is 1.30 bits per heavy atom. The molecule has 0 spiro atoms. The summed E-state index contributed by atoms with van der Waals surface area (Å²) in [7, 11) is 0. The zero-order chi connectivity index (χ0) is 15.0. The lowest BCUT2D eigenvalue weighted by molar-refractivity contribution is 0.424. The Hall–Kier alpha value is -1.09. The molecule has 0 atom stereocenters. The lowest BCUT2D eigenvalue weighted by Crippen LogP contribution is -2.39. The Bertz CT molecular complexity index is 472. The Balaban J connectivity index is 2.21. The zero-order valence-corrected chi connectivity index (χ0v) is 13.9. The predicted octanol–water partition coefficient (Wildman–Crippen LogP) is 3.66. The Labute approximate surface area is 123 Å². The van der Waals surface area contributed by atoms with Crippen LogP contribution in [-0.4, -0.2) is 22.6 Å². The highest BCUT2D eigenvalue weighted by molar-refractivity contribution is 5.46. The van der Waals surface area contributed by atoms with Crippen LogP contribution in [0.25, 0.3) is 0 Å². The average Bonchev–Trinajstić information content (AvgIpc) is 2.65. The molecule has 1 aromatic rings. The van der Waals surface area contributed by atoms with Gasteiger partial charge in [-0.3, -0.25) is 0 Å². The third kappa shape index (κ3) is 3.72. The Morgan fingerprint density at radius 3 is 2.55 bits per heavy atom. The van der Waals surface area contributed by atoms with Gasteiger partial charge < -0.3 is 10.2 Å². The highest BCUT2D eigenvalue weighted by Crippen LogP contribution is 2.32. The molecule has 20 heavy (non-hydrogen) atoms. The predicted molar refractivity (Wildman–Crippen MR) is 86.2 cm³/mol. The van der Waals surface area contributed by atoms with E-state index in [9.17, 15) is 0 Å². The van der Waals surface area contributed by atoms with Gasteiger partial charge in [0.1, 0.15) is 5.82 Å². The van der Waals surface area contributed by atoms with Gasteiger partial charge in [0.25, 0.3) is 0 Å². The summed E-state index contributed by atoms with van der Waals surface area (Å²) >= 11 is 0. The molecule has 3 heteroatoms. The maximum absolute atomic E-state index is 4.75. The van der Waals surface area contributed by atoms with E-state index in [1.807, 2.05) is 0 Å². The van der Waals surface area contributed by atoms with Crippen LogP contribution in [0, 0.1) is 6.92 Å². The molecule has 1 aliphatic rings. The van der Waals surface area contributed by atoms with Gasteiger partial charge in [0.05, 0.1) is 0 Å². The van der Waals surface area contributed by atoms with Gasteiger partial charge in [-0.25, -0.2) is 4.98 Å². The Kier molecular flexibility index (Phi) is 4.10. The summed E-state index contributed by atoms with van der Waals surface area (Å²) in [5.41, 5.74) is 2.81. The van der Waals surface area contributed by atoms with Crippen molar-refractivity contribution in [1.82, 2.24) is 10.3 Å². The standard InChI is InChI=1S/C17H29N3/c1-13-10-14(12-18-16(2,3)4)11-15(19-13)20-9-7-8-17(20,5)6/h10-11,18H,7-9,12H2,1-6H3. The largest absolute Gasteiger partial charge is 0.351 e. The van der Waals surface area contributed by atoms with E-state index in [0.29, 0.717) is 0 Å². The third-order valence-electron chi connectivity index (χ3n) is 4.00. The second kappa shape index (κ2) is 5.36. The molecule has 0 saturated carbocycles. The van der Waals surface area contributed by atoms with Gasteiger partial charge in [-0.05, 0) is 72.1 Å². The smallest absolute Gasteiger partial charge is 0.129 e. The van der Waals surface area contributed by atoms with Gasteiger partial charge in [0, 0.05) is 29.9 Å². The van der Waals surface area contributed by atoms with Crippen LogP contribution in [0.2, 0.25) is 0 Å². The highest BCUT2D eigenvalue weighted by atomic mass is 15.3. The zero-order valence-electron chi connectivity index (χ0n) is 13.9. The molecule has 3 nitrogen and oxygen atoms in total. The van der Waals surface area contributed by atoms with E-state index in [4.69, 9.17) is 4.98 Å². The van der Waals surface area contributed by atoms with E-state index >= 15 is 0 Å². The maximum atomic E-state index is 4.75. The van der Waals surface area contributed by atoms with Crippen molar-refractivity contribution >= 4 is 5.82 Å². The molecule has 2 heterocycles. The molecule has 0 unspecified atom stereocenters. The molecule has 1 aliphatic heterocycles. The number of pyridine rings is 1. The SMILES string of the molecule is Cc1cc(CNC(C)(C)C)cc(N2CCCC2(C)C)n1. The van der Waals surface area contributed by atoms with Crippen LogP contribution >= 0.6 is 0 Å². The fourth-order valence-corrected chi connectivity index (χ4v) is 2.86. The van der Waals surface area contributed by atoms with Crippen molar-refractivity contribution in [2.75, 3.05) is 11.4 Å². The van der Waals surface area contributed by atoms with Gasteiger partial charge in [0.15, 0.2) is 0 Å². The van der Waals surface area contributed by atoms with Crippen molar-refractivity contribution in [3.05, 3.63) is 23.4 Å². The summed E-state index contributed by atoms with van der Waals surface area (Å²) in [6, 6.07) is 4.43. The number of hydrogen-bond acceptors (Lipinski definition) is 3. The van der Waals surface area contributed by atoms with Crippen molar-refractivity contribution in [2.24, 2.45) is 0 Å². The number of rotatable bonds is 3. The van der Waals surface area contributed by atoms with E-state index in [1.54, 1.807) is 0 Å². The van der Waals surface area contributed by atoms with E-state index in [-0.39, 0.29) is 11.1 Å². The lowest BCUT2D eigenvalue weighted by Gasteiger charge is -2.33. The molecule has 112 valence electrons. The van der Waals surface area contributed by atoms with Crippen molar-refractivity contribution in [2.45, 2.75) is 72.0 Å². The quantitative estimate of drug-likeness (QED) is 0.912. The van der Waals surface area contributed by atoms with Crippen LogP contribution < -0.4 is 10.2 Å². The lowest BCUT2D eigenvalue weighted by atomic mass is 10.0. The molecule has 1 N–H and O–H groups in total. The van der Waals surface area contributed by atoms with Crippen LogP contribution in [-0.2, 0) is 6.54 Å². The van der Waals surface area contributed by atoms with Crippen LogP contribution in [0.1, 0.15) is 58.7 Å². The Morgan fingerprint density at radius 2 is 2.00 bits per heavy atom. The van der Waals surface area contributed by atoms with Gasteiger partial charge in [-0.2, -0.15) is 0 Å². The summed E-state index contributed by atoms with van der Waals surface area (Å²) in [5.74, 6) is 1.14. The molecule has 0 aromatic carbocycles. The molecule has 0 amide bonds. The van der Waals surface area contributed by atoms with Crippen molar-refractivity contribution in [1.29, 1.82) is 0 Å². The monoisotopic (exact) mass is 275 g/mol.